The van der Waals surface area contributed by atoms with E-state index in [1.165, 1.54) is 0 Å². The van der Waals surface area contributed by atoms with Crippen molar-refractivity contribution in [2.24, 2.45) is 0 Å². The van der Waals surface area contributed by atoms with E-state index < -0.39 is 0 Å². The molecule has 1 aromatic heterocycles. The van der Waals surface area contributed by atoms with Gasteiger partial charge in [-0.05, 0) is 39.4 Å². The molecule has 3 heteroatoms. The van der Waals surface area contributed by atoms with E-state index in [-0.39, 0.29) is 5.54 Å². The molecule has 0 bridgehead atoms. The third-order valence-electron chi connectivity index (χ3n) is 3.26. The molecule has 3 nitrogen and oxygen atoms in total. The van der Waals surface area contributed by atoms with Gasteiger partial charge in [0, 0.05) is 17.1 Å². The highest BCUT2D eigenvalue weighted by molar-refractivity contribution is 5.84. The SMILES string of the molecule is CNC(C)(C)CCOc1cccc2cccnc12. The van der Waals surface area contributed by atoms with Crippen molar-refractivity contribution in [1.82, 2.24) is 10.3 Å². The molecule has 1 aromatic carbocycles. The number of pyridine rings is 1. The Kier molecular flexibility index (Phi) is 3.82. The molecule has 18 heavy (non-hydrogen) atoms. The zero-order valence-electron chi connectivity index (χ0n) is 11.2. The van der Waals surface area contributed by atoms with Crippen molar-refractivity contribution in [3.05, 3.63) is 36.5 Å². The molecule has 0 radical (unpaired) electrons. The van der Waals surface area contributed by atoms with Gasteiger partial charge in [-0.3, -0.25) is 4.98 Å². The first-order valence-corrected chi connectivity index (χ1v) is 6.28. The number of rotatable bonds is 5. The lowest BCUT2D eigenvalue weighted by Crippen LogP contribution is -2.37. The van der Waals surface area contributed by atoms with Crippen LogP contribution in [-0.4, -0.2) is 24.2 Å². The monoisotopic (exact) mass is 244 g/mol. The molecule has 0 fully saturated rings. The van der Waals surface area contributed by atoms with Gasteiger partial charge in [0.1, 0.15) is 11.3 Å². The van der Waals surface area contributed by atoms with E-state index in [0.29, 0.717) is 6.61 Å². The zero-order valence-corrected chi connectivity index (χ0v) is 11.2. The van der Waals surface area contributed by atoms with Gasteiger partial charge in [0.15, 0.2) is 0 Å². The first kappa shape index (κ1) is 12.8. The highest BCUT2D eigenvalue weighted by atomic mass is 16.5. The second-order valence-corrected chi connectivity index (χ2v) is 5.06. The van der Waals surface area contributed by atoms with Crippen LogP contribution >= 0.6 is 0 Å². The number of benzene rings is 1. The Morgan fingerprint density at radius 3 is 2.78 bits per heavy atom. The van der Waals surface area contributed by atoms with Crippen LogP contribution in [0.5, 0.6) is 5.75 Å². The van der Waals surface area contributed by atoms with E-state index in [9.17, 15) is 0 Å². The maximum absolute atomic E-state index is 5.85. The van der Waals surface area contributed by atoms with Gasteiger partial charge in [-0.1, -0.05) is 18.2 Å². The van der Waals surface area contributed by atoms with Gasteiger partial charge >= 0.3 is 0 Å². The van der Waals surface area contributed by atoms with E-state index in [1.807, 2.05) is 37.4 Å². The second-order valence-electron chi connectivity index (χ2n) is 5.06. The molecule has 0 atom stereocenters. The van der Waals surface area contributed by atoms with Gasteiger partial charge in [-0.15, -0.1) is 0 Å². The predicted octanol–water partition coefficient (Wildman–Crippen LogP) is 3.00. The number of nitrogens with one attached hydrogen (secondary N) is 1. The summed E-state index contributed by atoms with van der Waals surface area (Å²) < 4.78 is 5.85. The van der Waals surface area contributed by atoms with Crippen LogP contribution in [0.25, 0.3) is 10.9 Å². The quantitative estimate of drug-likeness (QED) is 0.878. The van der Waals surface area contributed by atoms with Crippen molar-refractivity contribution in [2.75, 3.05) is 13.7 Å². The summed E-state index contributed by atoms with van der Waals surface area (Å²) >= 11 is 0. The summed E-state index contributed by atoms with van der Waals surface area (Å²) in [6.07, 6.45) is 2.75. The molecule has 1 N–H and O–H groups in total. The third-order valence-corrected chi connectivity index (χ3v) is 3.26. The van der Waals surface area contributed by atoms with E-state index >= 15 is 0 Å². The van der Waals surface area contributed by atoms with Crippen molar-refractivity contribution < 1.29 is 4.74 Å². The standard InChI is InChI=1S/C15H20N2O/c1-15(2,16-3)9-11-18-13-8-4-6-12-7-5-10-17-14(12)13/h4-8,10,16H,9,11H2,1-3H3. The van der Waals surface area contributed by atoms with Crippen molar-refractivity contribution in [3.8, 4) is 5.75 Å². The smallest absolute Gasteiger partial charge is 0.145 e. The summed E-state index contributed by atoms with van der Waals surface area (Å²) in [5.41, 5.74) is 1.03. The molecular formula is C15H20N2O. The largest absolute Gasteiger partial charge is 0.491 e. The van der Waals surface area contributed by atoms with Gasteiger partial charge in [0.25, 0.3) is 0 Å². The second kappa shape index (κ2) is 5.36. The van der Waals surface area contributed by atoms with Crippen molar-refractivity contribution >= 4 is 10.9 Å². The van der Waals surface area contributed by atoms with Gasteiger partial charge in [0.2, 0.25) is 0 Å². The molecule has 0 unspecified atom stereocenters. The van der Waals surface area contributed by atoms with Crippen LogP contribution in [0.1, 0.15) is 20.3 Å². The van der Waals surface area contributed by atoms with Crippen LogP contribution in [0.4, 0.5) is 0 Å². The van der Waals surface area contributed by atoms with Crippen LogP contribution in [0.2, 0.25) is 0 Å². The fourth-order valence-electron chi connectivity index (χ4n) is 1.73. The van der Waals surface area contributed by atoms with Crippen LogP contribution in [0.15, 0.2) is 36.5 Å². The normalized spacial score (nSPS) is 11.7. The molecule has 2 rings (SSSR count). The Labute approximate surface area is 108 Å². The van der Waals surface area contributed by atoms with Gasteiger partial charge in [0.05, 0.1) is 6.61 Å². The third kappa shape index (κ3) is 2.99. The number of fused-ring (bicyclic) bond motifs is 1. The van der Waals surface area contributed by atoms with Crippen molar-refractivity contribution in [2.45, 2.75) is 25.8 Å². The minimum Gasteiger partial charge on any atom is -0.491 e. The van der Waals surface area contributed by atoms with Gasteiger partial charge < -0.3 is 10.1 Å². The summed E-state index contributed by atoms with van der Waals surface area (Å²) in [4.78, 5) is 4.38. The van der Waals surface area contributed by atoms with Crippen LogP contribution in [0, 0.1) is 0 Å². The Bertz CT molecular complexity index is 517. The molecule has 0 aliphatic carbocycles. The van der Waals surface area contributed by atoms with E-state index in [0.717, 1.165) is 23.1 Å². The van der Waals surface area contributed by atoms with Crippen molar-refractivity contribution in [3.63, 3.8) is 0 Å². The lowest BCUT2D eigenvalue weighted by molar-refractivity contribution is 0.258. The molecule has 1 heterocycles. The fraction of sp³-hybridized carbons (Fsp3) is 0.400. The molecular weight excluding hydrogens is 224 g/mol. The van der Waals surface area contributed by atoms with Gasteiger partial charge in [-0.25, -0.2) is 0 Å². The Morgan fingerprint density at radius 2 is 2.00 bits per heavy atom. The van der Waals surface area contributed by atoms with Crippen LogP contribution < -0.4 is 10.1 Å². The molecule has 0 saturated heterocycles. The number of hydrogen-bond donors (Lipinski definition) is 1. The molecule has 96 valence electrons. The first-order valence-electron chi connectivity index (χ1n) is 6.28. The summed E-state index contributed by atoms with van der Waals surface area (Å²) in [7, 11) is 1.97. The maximum Gasteiger partial charge on any atom is 0.145 e. The minimum absolute atomic E-state index is 0.0953. The summed E-state index contributed by atoms with van der Waals surface area (Å²) in [5, 5.41) is 4.38. The highest BCUT2D eigenvalue weighted by Crippen LogP contribution is 2.23. The summed E-state index contributed by atoms with van der Waals surface area (Å²) in [5.74, 6) is 0.861. The fourth-order valence-corrected chi connectivity index (χ4v) is 1.73. The number of ether oxygens (including phenoxy) is 1. The van der Waals surface area contributed by atoms with E-state index in [1.54, 1.807) is 6.20 Å². The topological polar surface area (TPSA) is 34.1 Å². The number of aromatic nitrogens is 1. The summed E-state index contributed by atoms with van der Waals surface area (Å²) in [6.45, 7) is 5.01. The summed E-state index contributed by atoms with van der Waals surface area (Å²) in [6, 6.07) is 10.0. The minimum atomic E-state index is 0.0953. The van der Waals surface area contributed by atoms with E-state index in [2.05, 4.69) is 24.1 Å². The molecule has 2 aromatic rings. The number of nitrogens with zero attached hydrogens (tertiary/aromatic N) is 1. The van der Waals surface area contributed by atoms with Gasteiger partial charge in [-0.2, -0.15) is 0 Å². The average Bonchev–Trinajstić information content (AvgIpc) is 2.39. The average molecular weight is 244 g/mol. The lowest BCUT2D eigenvalue weighted by Gasteiger charge is -2.23. The number of hydrogen-bond acceptors (Lipinski definition) is 3. The number of para-hydroxylation sites is 1. The van der Waals surface area contributed by atoms with E-state index in [4.69, 9.17) is 4.74 Å². The Morgan fingerprint density at radius 1 is 1.22 bits per heavy atom. The van der Waals surface area contributed by atoms with Crippen molar-refractivity contribution in [1.29, 1.82) is 0 Å². The molecule has 0 spiro atoms. The zero-order chi connectivity index (χ0) is 13.0. The van der Waals surface area contributed by atoms with Crippen LogP contribution in [0.3, 0.4) is 0 Å². The molecule has 0 amide bonds. The molecule has 0 aliphatic rings. The Hall–Kier alpha value is -1.61. The molecule has 0 saturated carbocycles. The first-order chi connectivity index (χ1) is 8.62. The van der Waals surface area contributed by atoms with Crippen LogP contribution in [-0.2, 0) is 0 Å². The maximum atomic E-state index is 5.85. The Balaban J connectivity index is 2.08. The predicted molar refractivity (Wildman–Crippen MR) is 75.0 cm³/mol. The molecule has 0 aliphatic heterocycles. The highest BCUT2D eigenvalue weighted by Gasteiger charge is 2.14. The lowest BCUT2D eigenvalue weighted by atomic mass is 10.0.